The molecule has 2 fully saturated rings. The predicted octanol–water partition coefficient (Wildman–Crippen LogP) is 1.88. The lowest BCUT2D eigenvalue weighted by atomic mass is 10.3. The van der Waals surface area contributed by atoms with Gasteiger partial charge in [0.25, 0.3) is 0 Å². The summed E-state index contributed by atoms with van der Waals surface area (Å²) in [5.41, 5.74) is 6.35. The number of rotatable bonds is 8. The van der Waals surface area contributed by atoms with E-state index in [1.807, 2.05) is 24.3 Å². The first kappa shape index (κ1) is 13.7. The summed E-state index contributed by atoms with van der Waals surface area (Å²) < 4.78 is 5.61. The van der Waals surface area contributed by atoms with Crippen molar-refractivity contribution in [2.75, 3.05) is 25.4 Å². The topological polar surface area (TPSA) is 58.7 Å². The molecule has 0 spiro atoms. The molecule has 3 rings (SSSR count). The highest BCUT2D eigenvalue weighted by atomic mass is 16.5. The highest BCUT2D eigenvalue weighted by Crippen LogP contribution is 2.34. The summed E-state index contributed by atoms with van der Waals surface area (Å²) in [4.78, 5) is 2.45. The third-order valence-electron chi connectivity index (χ3n) is 4.02. The molecule has 4 nitrogen and oxygen atoms in total. The van der Waals surface area contributed by atoms with Gasteiger partial charge in [-0.1, -0.05) is 0 Å². The molecule has 1 atom stereocenters. The first-order valence-corrected chi connectivity index (χ1v) is 7.61. The fourth-order valence-corrected chi connectivity index (χ4v) is 2.52. The molecule has 1 unspecified atom stereocenters. The average Bonchev–Trinajstić information content (AvgIpc) is 3.29. The minimum atomic E-state index is -0.424. The SMILES string of the molecule is Nc1ccc(OCC(O)CN(CC2CC2)C2CC2)cc1. The van der Waals surface area contributed by atoms with Gasteiger partial charge >= 0.3 is 0 Å². The number of nitrogens with two attached hydrogens (primary N) is 1. The number of nitrogen functional groups attached to an aromatic ring is 1. The zero-order chi connectivity index (χ0) is 13.9. The molecule has 4 heteroatoms. The lowest BCUT2D eigenvalue weighted by Gasteiger charge is -2.24. The van der Waals surface area contributed by atoms with Crippen LogP contribution in [0.15, 0.2) is 24.3 Å². The van der Waals surface area contributed by atoms with E-state index in [-0.39, 0.29) is 0 Å². The number of aliphatic hydroxyl groups excluding tert-OH is 1. The van der Waals surface area contributed by atoms with Gasteiger partial charge in [0.05, 0.1) is 0 Å². The molecule has 110 valence electrons. The van der Waals surface area contributed by atoms with Gasteiger partial charge in [-0.2, -0.15) is 0 Å². The second kappa shape index (κ2) is 6.02. The summed E-state index contributed by atoms with van der Waals surface area (Å²) in [6, 6.07) is 8.01. The summed E-state index contributed by atoms with van der Waals surface area (Å²) in [6.45, 7) is 2.23. The molecule has 0 aliphatic heterocycles. The van der Waals surface area contributed by atoms with Crippen LogP contribution in [0.1, 0.15) is 25.7 Å². The van der Waals surface area contributed by atoms with Crippen LogP contribution >= 0.6 is 0 Å². The van der Waals surface area contributed by atoms with Crippen molar-refractivity contribution in [2.45, 2.75) is 37.8 Å². The molecule has 0 aromatic heterocycles. The van der Waals surface area contributed by atoms with Crippen LogP contribution in [0.3, 0.4) is 0 Å². The van der Waals surface area contributed by atoms with E-state index in [1.54, 1.807) is 0 Å². The van der Waals surface area contributed by atoms with Crippen LogP contribution in [0, 0.1) is 5.92 Å². The molecule has 3 N–H and O–H groups in total. The first-order valence-electron chi connectivity index (χ1n) is 7.61. The van der Waals surface area contributed by atoms with Crippen molar-refractivity contribution in [2.24, 2.45) is 5.92 Å². The van der Waals surface area contributed by atoms with E-state index < -0.39 is 6.10 Å². The van der Waals surface area contributed by atoms with Crippen LogP contribution in [-0.2, 0) is 0 Å². The Bertz CT molecular complexity index is 427. The van der Waals surface area contributed by atoms with Crippen molar-refractivity contribution in [1.82, 2.24) is 4.90 Å². The molecule has 0 amide bonds. The van der Waals surface area contributed by atoms with Crippen molar-refractivity contribution < 1.29 is 9.84 Å². The lowest BCUT2D eigenvalue weighted by molar-refractivity contribution is 0.0637. The average molecular weight is 276 g/mol. The maximum Gasteiger partial charge on any atom is 0.119 e. The third-order valence-corrected chi connectivity index (χ3v) is 4.02. The van der Waals surface area contributed by atoms with E-state index >= 15 is 0 Å². The number of benzene rings is 1. The normalized spacial score (nSPS) is 20.1. The quantitative estimate of drug-likeness (QED) is 0.712. The van der Waals surface area contributed by atoms with Gasteiger partial charge in [0.1, 0.15) is 18.5 Å². The number of hydrogen-bond acceptors (Lipinski definition) is 4. The maximum atomic E-state index is 10.2. The predicted molar refractivity (Wildman–Crippen MR) is 79.7 cm³/mol. The van der Waals surface area contributed by atoms with E-state index in [0.717, 1.165) is 30.4 Å². The van der Waals surface area contributed by atoms with Crippen molar-refractivity contribution >= 4 is 5.69 Å². The molecule has 1 aromatic rings. The summed E-state index contributed by atoms with van der Waals surface area (Å²) in [6.07, 6.45) is 4.88. The highest BCUT2D eigenvalue weighted by molar-refractivity contribution is 5.41. The van der Waals surface area contributed by atoms with Crippen molar-refractivity contribution in [1.29, 1.82) is 0 Å². The van der Waals surface area contributed by atoms with Crippen LogP contribution in [0.5, 0.6) is 5.75 Å². The Morgan fingerprint density at radius 1 is 1.20 bits per heavy atom. The summed E-state index contributed by atoms with van der Waals surface area (Å²) in [5.74, 6) is 1.64. The summed E-state index contributed by atoms with van der Waals surface area (Å²) in [5, 5.41) is 10.2. The fraction of sp³-hybridized carbons (Fsp3) is 0.625. The molecule has 2 aliphatic rings. The number of ether oxygens (including phenoxy) is 1. The van der Waals surface area contributed by atoms with Crippen LogP contribution in [0.2, 0.25) is 0 Å². The summed E-state index contributed by atoms with van der Waals surface area (Å²) >= 11 is 0. The zero-order valence-electron chi connectivity index (χ0n) is 11.9. The Kier molecular flexibility index (Phi) is 4.13. The Labute approximate surface area is 120 Å². The van der Waals surface area contributed by atoms with Crippen LogP contribution in [0.25, 0.3) is 0 Å². The molecule has 0 bridgehead atoms. The molecular weight excluding hydrogens is 252 g/mol. The standard InChI is InChI=1S/C16H24N2O2/c17-13-3-7-16(8-4-13)20-11-15(19)10-18(14-5-6-14)9-12-1-2-12/h3-4,7-8,12,14-15,19H,1-2,5-6,9-11,17H2. The van der Waals surface area contributed by atoms with Crippen LogP contribution in [-0.4, -0.2) is 41.8 Å². The van der Waals surface area contributed by atoms with Gasteiger partial charge in [0, 0.05) is 24.8 Å². The minimum Gasteiger partial charge on any atom is -0.491 e. The van der Waals surface area contributed by atoms with Gasteiger partial charge in [-0.05, 0) is 55.9 Å². The Balaban J connectivity index is 1.43. The van der Waals surface area contributed by atoms with Crippen molar-refractivity contribution in [3.8, 4) is 5.75 Å². The fourth-order valence-electron chi connectivity index (χ4n) is 2.52. The monoisotopic (exact) mass is 276 g/mol. The van der Waals surface area contributed by atoms with E-state index in [4.69, 9.17) is 10.5 Å². The molecular formula is C16H24N2O2. The second-order valence-electron chi connectivity index (χ2n) is 6.16. The van der Waals surface area contributed by atoms with E-state index in [9.17, 15) is 5.11 Å². The van der Waals surface area contributed by atoms with Crippen LogP contribution < -0.4 is 10.5 Å². The van der Waals surface area contributed by atoms with Gasteiger partial charge in [-0.15, -0.1) is 0 Å². The molecule has 0 heterocycles. The maximum absolute atomic E-state index is 10.2. The molecule has 20 heavy (non-hydrogen) atoms. The molecule has 1 aromatic carbocycles. The van der Waals surface area contributed by atoms with E-state index in [0.29, 0.717) is 12.6 Å². The van der Waals surface area contributed by atoms with Gasteiger partial charge in [-0.25, -0.2) is 0 Å². The second-order valence-corrected chi connectivity index (χ2v) is 6.16. The van der Waals surface area contributed by atoms with Gasteiger partial charge in [-0.3, -0.25) is 4.90 Å². The largest absolute Gasteiger partial charge is 0.491 e. The minimum absolute atomic E-state index is 0.345. The number of hydrogen-bond donors (Lipinski definition) is 2. The smallest absolute Gasteiger partial charge is 0.119 e. The molecule has 2 saturated carbocycles. The van der Waals surface area contributed by atoms with Crippen molar-refractivity contribution in [3.63, 3.8) is 0 Å². The van der Waals surface area contributed by atoms with Gasteiger partial charge < -0.3 is 15.6 Å². The Hall–Kier alpha value is -1.26. The molecule has 0 radical (unpaired) electrons. The van der Waals surface area contributed by atoms with E-state index in [1.165, 1.54) is 25.7 Å². The number of anilines is 1. The molecule has 2 aliphatic carbocycles. The highest BCUT2D eigenvalue weighted by Gasteiger charge is 2.34. The number of aliphatic hydroxyl groups is 1. The van der Waals surface area contributed by atoms with Crippen LogP contribution in [0.4, 0.5) is 5.69 Å². The summed E-state index contributed by atoms with van der Waals surface area (Å²) in [7, 11) is 0. The van der Waals surface area contributed by atoms with Crippen molar-refractivity contribution in [3.05, 3.63) is 24.3 Å². The molecule has 0 saturated heterocycles. The van der Waals surface area contributed by atoms with Gasteiger partial charge in [0.15, 0.2) is 0 Å². The Morgan fingerprint density at radius 2 is 1.90 bits per heavy atom. The van der Waals surface area contributed by atoms with E-state index in [2.05, 4.69) is 4.90 Å². The Morgan fingerprint density at radius 3 is 2.50 bits per heavy atom. The number of nitrogens with zero attached hydrogens (tertiary/aromatic N) is 1. The zero-order valence-corrected chi connectivity index (χ0v) is 11.9. The van der Waals surface area contributed by atoms with Gasteiger partial charge in [0.2, 0.25) is 0 Å². The third kappa shape index (κ3) is 4.12. The lowest BCUT2D eigenvalue weighted by Crippen LogP contribution is -2.38. The first-order chi connectivity index (χ1) is 9.70.